The molecule has 0 aliphatic rings. The predicted molar refractivity (Wildman–Crippen MR) is 79.6 cm³/mol. The van der Waals surface area contributed by atoms with E-state index >= 15 is 0 Å². The normalized spacial score (nSPS) is 10.7. The number of benzene rings is 2. The molecule has 0 saturated heterocycles. The summed E-state index contributed by atoms with van der Waals surface area (Å²) in [6.07, 6.45) is 1.27. The number of rotatable bonds is 3. The Labute approximate surface area is 125 Å². The van der Waals surface area contributed by atoms with Crippen LogP contribution in [-0.2, 0) is 0 Å². The molecule has 0 fully saturated rings. The zero-order valence-electron chi connectivity index (χ0n) is 10.2. The Hall–Kier alpha value is -2.04. The average molecular weight is 309 g/mol. The molecule has 0 saturated carbocycles. The van der Waals surface area contributed by atoms with E-state index < -0.39 is 0 Å². The van der Waals surface area contributed by atoms with E-state index in [2.05, 4.69) is 10.5 Å². The van der Waals surface area contributed by atoms with Crippen molar-refractivity contribution in [3.05, 3.63) is 63.6 Å². The molecule has 0 radical (unpaired) electrons. The van der Waals surface area contributed by atoms with E-state index in [9.17, 15) is 9.90 Å². The molecule has 0 aliphatic carbocycles. The SMILES string of the molecule is O=C(N/N=C\c1cc(Cl)cc(Cl)c1O)c1ccccc1. The number of phenolic OH excluding ortho intramolecular Hbond substituents is 1. The van der Waals surface area contributed by atoms with Gasteiger partial charge in [0.1, 0.15) is 5.75 Å². The summed E-state index contributed by atoms with van der Waals surface area (Å²) < 4.78 is 0. The number of phenols is 1. The molecule has 6 heteroatoms. The van der Waals surface area contributed by atoms with Crippen LogP contribution in [0.2, 0.25) is 10.0 Å². The number of amides is 1. The van der Waals surface area contributed by atoms with Gasteiger partial charge in [-0.2, -0.15) is 5.10 Å². The van der Waals surface area contributed by atoms with Crippen molar-refractivity contribution in [2.45, 2.75) is 0 Å². The number of hydrogen-bond donors (Lipinski definition) is 2. The number of halogens is 2. The Morgan fingerprint density at radius 2 is 1.90 bits per heavy atom. The van der Waals surface area contributed by atoms with Crippen LogP contribution in [0.3, 0.4) is 0 Å². The van der Waals surface area contributed by atoms with Gasteiger partial charge < -0.3 is 5.11 Å². The van der Waals surface area contributed by atoms with Gasteiger partial charge in [0.2, 0.25) is 0 Å². The van der Waals surface area contributed by atoms with Crippen LogP contribution < -0.4 is 5.43 Å². The molecular weight excluding hydrogens is 299 g/mol. The molecule has 4 nitrogen and oxygen atoms in total. The molecule has 0 spiro atoms. The van der Waals surface area contributed by atoms with Gasteiger partial charge in [0, 0.05) is 16.1 Å². The zero-order valence-corrected chi connectivity index (χ0v) is 11.7. The van der Waals surface area contributed by atoms with Gasteiger partial charge in [-0.15, -0.1) is 0 Å². The summed E-state index contributed by atoms with van der Waals surface area (Å²) in [4.78, 5) is 11.7. The Morgan fingerprint density at radius 3 is 2.60 bits per heavy atom. The van der Waals surface area contributed by atoms with Crippen LogP contribution in [-0.4, -0.2) is 17.2 Å². The van der Waals surface area contributed by atoms with Crippen LogP contribution in [0.1, 0.15) is 15.9 Å². The number of nitrogens with zero attached hydrogens (tertiary/aromatic N) is 1. The average Bonchev–Trinajstić information content (AvgIpc) is 2.44. The van der Waals surface area contributed by atoms with Crippen LogP contribution in [0.25, 0.3) is 0 Å². The lowest BCUT2D eigenvalue weighted by molar-refractivity contribution is 0.0955. The first kappa shape index (κ1) is 14.4. The first-order valence-electron chi connectivity index (χ1n) is 5.64. The number of hydrogen-bond acceptors (Lipinski definition) is 3. The maximum absolute atomic E-state index is 11.7. The van der Waals surface area contributed by atoms with Crippen LogP contribution >= 0.6 is 23.2 Å². The highest BCUT2D eigenvalue weighted by molar-refractivity contribution is 6.36. The highest BCUT2D eigenvalue weighted by Crippen LogP contribution is 2.29. The van der Waals surface area contributed by atoms with Crippen molar-refractivity contribution in [3.63, 3.8) is 0 Å². The van der Waals surface area contributed by atoms with Gasteiger partial charge in [0.05, 0.1) is 11.2 Å². The number of carbonyl (C=O) groups is 1. The van der Waals surface area contributed by atoms with Crippen LogP contribution in [0, 0.1) is 0 Å². The quantitative estimate of drug-likeness (QED) is 0.674. The van der Waals surface area contributed by atoms with Gasteiger partial charge in [0.15, 0.2) is 0 Å². The molecule has 2 N–H and O–H groups in total. The maximum Gasteiger partial charge on any atom is 0.271 e. The van der Waals surface area contributed by atoms with Gasteiger partial charge in [0.25, 0.3) is 5.91 Å². The summed E-state index contributed by atoms with van der Waals surface area (Å²) in [6, 6.07) is 11.5. The largest absolute Gasteiger partial charge is 0.506 e. The molecule has 20 heavy (non-hydrogen) atoms. The molecule has 0 atom stereocenters. The Morgan fingerprint density at radius 1 is 1.20 bits per heavy atom. The number of hydrazone groups is 1. The predicted octanol–water partition coefficient (Wildman–Crippen LogP) is 3.46. The van der Waals surface area contributed by atoms with E-state index in [0.717, 1.165) is 0 Å². The summed E-state index contributed by atoms with van der Waals surface area (Å²) >= 11 is 11.6. The van der Waals surface area contributed by atoms with Crippen molar-refractivity contribution in [2.75, 3.05) is 0 Å². The molecule has 1 amide bonds. The van der Waals surface area contributed by atoms with Gasteiger partial charge in [-0.1, -0.05) is 41.4 Å². The lowest BCUT2D eigenvalue weighted by atomic mass is 10.2. The van der Waals surface area contributed by atoms with Crippen LogP contribution in [0.5, 0.6) is 5.75 Å². The fourth-order valence-electron chi connectivity index (χ4n) is 1.50. The molecule has 2 aromatic rings. The topological polar surface area (TPSA) is 61.7 Å². The minimum atomic E-state index is -0.352. The summed E-state index contributed by atoms with van der Waals surface area (Å²) in [7, 11) is 0. The highest BCUT2D eigenvalue weighted by atomic mass is 35.5. The summed E-state index contributed by atoms with van der Waals surface area (Å²) in [5, 5.41) is 14.0. The van der Waals surface area contributed by atoms with E-state index in [1.165, 1.54) is 18.3 Å². The van der Waals surface area contributed by atoms with Gasteiger partial charge in [-0.25, -0.2) is 5.43 Å². The first-order valence-corrected chi connectivity index (χ1v) is 6.40. The van der Waals surface area contributed by atoms with E-state index in [1.54, 1.807) is 24.3 Å². The Kier molecular flexibility index (Phi) is 4.61. The zero-order chi connectivity index (χ0) is 14.5. The van der Waals surface area contributed by atoms with Crippen molar-refractivity contribution in [2.24, 2.45) is 5.10 Å². The summed E-state index contributed by atoms with van der Waals surface area (Å²) in [5.41, 5.74) is 3.15. The molecule has 102 valence electrons. The van der Waals surface area contributed by atoms with Crippen molar-refractivity contribution in [3.8, 4) is 5.75 Å². The highest BCUT2D eigenvalue weighted by Gasteiger charge is 2.06. The summed E-state index contributed by atoms with van der Waals surface area (Å²) in [5.74, 6) is -0.497. The second kappa shape index (κ2) is 6.41. The Balaban J connectivity index is 2.10. The van der Waals surface area contributed by atoms with Crippen LogP contribution in [0.15, 0.2) is 47.6 Å². The molecule has 2 aromatic carbocycles. The standard InChI is InChI=1S/C14H10Cl2N2O2/c15-11-6-10(13(19)12(16)7-11)8-17-18-14(20)9-4-2-1-3-5-9/h1-8,19H,(H,18,20)/b17-8-. The molecule has 2 rings (SSSR count). The smallest absolute Gasteiger partial charge is 0.271 e. The van der Waals surface area contributed by atoms with Crippen molar-refractivity contribution in [1.29, 1.82) is 0 Å². The molecule has 0 aliphatic heterocycles. The lowest BCUT2D eigenvalue weighted by Gasteiger charge is -2.03. The van der Waals surface area contributed by atoms with Crippen molar-refractivity contribution in [1.82, 2.24) is 5.43 Å². The fraction of sp³-hybridized carbons (Fsp3) is 0. The second-order valence-electron chi connectivity index (χ2n) is 3.89. The first-order chi connectivity index (χ1) is 9.58. The monoisotopic (exact) mass is 308 g/mol. The number of aromatic hydroxyl groups is 1. The van der Waals surface area contributed by atoms with Crippen molar-refractivity contribution >= 4 is 35.3 Å². The minimum Gasteiger partial charge on any atom is -0.506 e. The minimum absolute atomic E-state index is 0.119. The lowest BCUT2D eigenvalue weighted by Crippen LogP contribution is -2.17. The Bertz CT molecular complexity index is 658. The van der Waals surface area contributed by atoms with Gasteiger partial charge >= 0.3 is 0 Å². The van der Waals surface area contributed by atoms with Crippen molar-refractivity contribution < 1.29 is 9.90 Å². The molecular formula is C14H10Cl2N2O2. The van der Waals surface area contributed by atoms with Gasteiger partial charge in [-0.05, 0) is 24.3 Å². The molecule has 0 heterocycles. The summed E-state index contributed by atoms with van der Waals surface area (Å²) in [6.45, 7) is 0. The number of nitrogens with one attached hydrogen (secondary N) is 1. The fourth-order valence-corrected chi connectivity index (χ4v) is 2.01. The number of carbonyl (C=O) groups excluding carboxylic acids is 1. The third-order valence-corrected chi connectivity index (χ3v) is 2.97. The third-order valence-electron chi connectivity index (χ3n) is 2.46. The van der Waals surface area contributed by atoms with E-state index in [1.807, 2.05) is 6.07 Å². The van der Waals surface area contributed by atoms with Gasteiger partial charge in [-0.3, -0.25) is 4.79 Å². The molecule has 0 bridgehead atoms. The van der Waals surface area contributed by atoms with E-state index in [4.69, 9.17) is 23.2 Å². The molecule has 0 aromatic heterocycles. The van der Waals surface area contributed by atoms with E-state index in [-0.39, 0.29) is 16.7 Å². The van der Waals surface area contributed by atoms with E-state index in [0.29, 0.717) is 16.1 Å². The van der Waals surface area contributed by atoms with Crippen LogP contribution in [0.4, 0.5) is 0 Å². The second-order valence-corrected chi connectivity index (χ2v) is 4.73. The maximum atomic E-state index is 11.7. The third kappa shape index (κ3) is 3.50. The molecule has 0 unspecified atom stereocenters.